The van der Waals surface area contributed by atoms with E-state index in [0.29, 0.717) is 13.1 Å². The SMILES string of the molecule is CC(C)(C)OC(=O)N1CCN(C(=O)OCc2ccccc2)[C@@H](C=CCO)C1. The second-order valence-electron chi connectivity index (χ2n) is 7.34. The van der Waals surface area contributed by atoms with E-state index in [1.54, 1.807) is 22.0 Å². The number of aliphatic hydroxyl groups excluding tert-OH is 1. The minimum atomic E-state index is -0.584. The van der Waals surface area contributed by atoms with E-state index in [2.05, 4.69) is 0 Å². The summed E-state index contributed by atoms with van der Waals surface area (Å²) in [5, 5.41) is 9.08. The summed E-state index contributed by atoms with van der Waals surface area (Å²) in [4.78, 5) is 28.0. The number of amides is 2. The van der Waals surface area contributed by atoms with Crippen molar-refractivity contribution in [2.45, 2.75) is 39.0 Å². The summed E-state index contributed by atoms with van der Waals surface area (Å²) in [6, 6.07) is 9.05. The van der Waals surface area contributed by atoms with Crippen molar-refractivity contribution in [1.29, 1.82) is 0 Å². The molecule has 1 saturated heterocycles. The van der Waals surface area contributed by atoms with Gasteiger partial charge in [-0.1, -0.05) is 42.5 Å². The van der Waals surface area contributed by atoms with Crippen LogP contribution in [0.15, 0.2) is 42.5 Å². The Balaban J connectivity index is 2.00. The maximum Gasteiger partial charge on any atom is 0.410 e. The van der Waals surface area contributed by atoms with Gasteiger partial charge in [-0.2, -0.15) is 0 Å². The van der Waals surface area contributed by atoms with Crippen LogP contribution in [0.25, 0.3) is 0 Å². The molecule has 0 spiro atoms. The lowest BCUT2D eigenvalue weighted by Crippen LogP contribution is -2.56. The molecule has 0 radical (unpaired) electrons. The van der Waals surface area contributed by atoms with E-state index in [9.17, 15) is 9.59 Å². The standard InChI is InChI=1S/C20H28N2O5/c1-20(2,3)27-18(24)21-11-12-22(17(14-21)10-7-13-23)19(25)26-15-16-8-5-4-6-9-16/h4-10,17,23H,11-15H2,1-3H3/t17-/m0/s1. The molecule has 2 amide bonds. The molecular formula is C20H28N2O5. The molecule has 2 rings (SSSR count). The van der Waals surface area contributed by atoms with Gasteiger partial charge in [-0.15, -0.1) is 0 Å². The van der Waals surface area contributed by atoms with Crippen molar-refractivity contribution in [2.75, 3.05) is 26.2 Å². The molecule has 148 valence electrons. The number of aliphatic hydroxyl groups is 1. The van der Waals surface area contributed by atoms with E-state index in [1.165, 1.54) is 0 Å². The zero-order chi connectivity index (χ0) is 19.9. The van der Waals surface area contributed by atoms with E-state index in [0.717, 1.165) is 5.56 Å². The van der Waals surface area contributed by atoms with Gasteiger partial charge in [0.2, 0.25) is 0 Å². The highest BCUT2D eigenvalue weighted by atomic mass is 16.6. The Kier molecular flexibility index (Phi) is 7.24. The average molecular weight is 376 g/mol. The number of hydrogen-bond acceptors (Lipinski definition) is 5. The average Bonchev–Trinajstić information content (AvgIpc) is 2.63. The van der Waals surface area contributed by atoms with Crippen LogP contribution in [0.4, 0.5) is 9.59 Å². The third-order valence-corrected chi connectivity index (χ3v) is 3.97. The van der Waals surface area contributed by atoms with Crippen LogP contribution in [0, 0.1) is 0 Å². The van der Waals surface area contributed by atoms with Crippen LogP contribution in [0.1, 0.15) is 26.3 Å². The monoisotopic (exact) mass is 376 g/mol. The topological polar surface area (TPSA) is 79.3 Å². The van der Waals surface area contributed by atoms with Crippen LogP contribution >= 0.6 is 0 Å². The Morgan fingerprint density at radius 2 is 1.89 bits per heavy atom. The summed E-state index contributed by atoms with van der Waals surface area (Å²) in [6.45, 7) is 6.44. The first kappa shape index (κ1) is 20.8. The van der Waals surface area contributed by atoms with E-state index >= 15 is 0 Å². The second kappa shape index (κ2) is 9.41. The summed E-state index contributed by atoms with van der Waals surface area (Å²) < 4.78 is 10.8. The number of benzene rings is 1. The fourth-order valence-electron chi connectivity index (χ4n) is 2.71. The smallest absolute Gasteiger partial charge is 0.410 e. The van der Waals surface area contributed by atoms with Crippen LogP contribution in [-0.4, -0.2) is 65.0 Å². The van der Waals surface area contributed by atoms with Crippen molar-refractivity contribution in [3.63, 3.8) is 0 Å². The molecule has 27 heavy (non-hydrogen) atoms. The molecule has 1 aliphatic heterocycles. The summed E-state index contributed by atoms with van der Waals surface area (Å²) in [5.74, 6) is 0. The third kappa shape index (κ3) is 6.60. The maximum absolute atomic E-state index is 12.5. The maximum atomic E-state index is 12.5. The van der Waals surface area contributed by atoms with E-state index < -0.39 is 17.8 Å². The Bertz CT molecular complexity index is 654. The normalized spacial score (nSPS) is 17.9. The largest absolute Gasteiger partial charge is 0.445 e. The first-order valence-electron chi connectivity index (χ1n) is 9.03. The van der Waals surface area contributed by atoms with Gasteiger partial charge in [0.15, 0.2) is 0 Å². The number of piperazine rings is 1. The highest BCUT2D eigenvalue weighted by Crippen LogP contribution is 2.17. The molecule has 1 aromatic carbocycles. The molecule has 7 nitrogen and oxygen atoms in total. The van der Waals surface area contributed by atoms with Crippen molar-refractivity contribution >= 4 is 12.2 Å². The Labute approximate surface area is 160 Å². The highest BCUT2D eigenvalue weighted by Gasteiger charge is 2.33. The predicted octanol–water partition coefficient (Wildman–Crippen LogP) is 2.79. The Morgan fingerprint density at radius 3 is 2.52 bits per heavy atom. The van der Waals surface area contributed by atoms with E-state index in [1.807, 2.05) is 51.1 Å². The van der Waals surface area contributed by atoms with Gasteiger partial charge in [-0.3, -0.25) is 4.90 Å². The molecule has 0 saturated carbocycles. The first-order valence-corrected chi connectivity index (χ1v) is 9.03. The Morgan fingerprint density at radius 1 is 1.19 bits per heavy atom. The Hall–Kier alpha value is -2.54. The molecule has 7 heteroatoms. The minimum Gasteiger partial charge on any atom is -0.445 e. The van der Waals surface area contributed by atoms with Gasteiger partial charge >= 0.3 is 12.2 Å². The van der Waals surface area contributed by atoms with Crippen LogP contribution < -0.4 is 0 Å². The molecule has 1 N–H and O–H groups in total. The lowest BCUT2D eigenvalue weighted by molar-refractivity contribution is 0.00618. The molecule has 0 aromatic heterocycles. The number of rotatable bonds is 4. The summed E-state index contributed by atoms with van der Waals surface area (Å²) in [7, 11) is 0. The van der Waals surface area contributed by atoms with Crippen molar-refractivity contribution < 1.29 is 24.2 Å². The van der Waals surface area contributed by atoms with Gasteiger partial charge in [0.05, 0.1) is 12.6 Å². The first-order chi connectivity index (χ1) is 12.8. The molecule has 1 atom stereocenters. The van der Waals surface area contributed by atoms with Gasteiger partial charge in [0.1, 0.15) is 12.2 Å². The van der Waals surface area contributed by atoms with Crippen molar-refractivity contribution in [1.82, 2.24) is 9.80 Å². The van der Waals surface area contributed by atoms with Gasteiger partial charge in [0, 0.05) is 19.6 Å². The highest BCUT2D eigenvalue weighted by molar-refractivity contribution is 5.71. The molecule has 0 aliphatic carbocycles. The molecule has 0 unspecified atom stereocenters. The number of carbonyl (C=O) groups is 2. The van der Waals surface area contributed by atoms with Crippen LogP contribution in [0.5, 0.6) is 0 Å². The summed E-state index contributed by atoms with van der Waals surface area (Å²) in [6.07, 6.45) is 2.40. The lowest BCUT2D eigenvalue weighted by Gasteiger charge is -2.39. The second-order valence-corrected chi connectivity index (χ2v) is 7.34. The van der Waals surface area contributed by atoms with E-state index in [4.69, 9.17) is 14.6 Å². The lowest BCUT2D eigenvalue weighted by atomic mass is 10.1. The van der Waals surface area contributed by atoms with Crippen LogP contribution in [0.3, 0.4) is 0 Å². The minimum absolute atomic E-state index is 0.143. The molecule has 0 bridgehead atoms. The zero-order valence-corrected chi connectivity index (χ0v) is 16.1. The quantitative estimate of drug-likeness (QED) is 0.818. The van der Waals surface area contributed by atoms with Crippen molar-refractivity contribution in [3.05, 3.63) is 48.0 Å². The summed E-state index contributed by atoms with van der Waals surface area (Å²) in [5.41, 5.74) is 0.319. The molecule has 1 aliphatic rings. The molecule has 1 fully saturated rings. The number of ether oxygens (including phenoxy) is 2. The number of hydrogen-bond donors (Lipinski definition) is 1. The van der Waals surface area contributed by atoms with E-state index in [-0.39, 0.29) is 25.8 Å². The van der Waals surface area contributed by atoms with Crippen molar-refractivity contribution in [3.8, 4) is 0 Å². The van der Waals surface area contributed by atoms with Crippen molar-refractivity contribution in [2.24, 2.45) is 0 Å². The van der Waals surface area contributed by atoms with Crippen LogP contribution in [-0.2, 0) is 16.1 Å². The number of nitrogens with zero attached hydrogens (tertiary/aromatic N) is 2. The third-order valence-electron chi connectivity index (χ3n) is 3.97. The van der Waals surface area contributed by atoms with Gasteiger partial charge in [0.25, 0.3) is 0 Å². The summed E-state index contributed by atoms with van der Waals surface area (Å²) >= 11 is 0. The molecular weight excluding hydrogens is 348 g/mol. The van der Waals surface area contributed by atoms with Crippen LogP contribution in [0.2, 0.25) is 0 Å². The van der Waals surface area contributed by atoms with Gasteiger partial charge in [-0.25, -0.2) is 9.59 Å². The fourth-order valence-corrected chi connectivity index (χ4v) is 2.71. The fraction of sp³-hybridized carbons (Fsp3) is 0.500. The van der Waals surface area contributed by atoms with Gasteiger partial charge < -0.3 is 19.5 Å². The predicted molar refractivity (Wildman–Crippen MR) is 101 cm³/mol. The molecule has 1 aromatic rings. The van der Waals surface area contributed by atoms with Gasteiger partial charge in [-0.05, 0) is 26.3 Å². The zero-order valence-electron chi connectivity index (χ0n) is 16.1. The number of carbonyl (C=O) groups excluding carboxylic acids is 2. The molecule has 1 heterocycles.